The molecule has 0 spiro atoms. The highest BCUT2D eigenvalue weighted by atomic mass is 35.5. The SMILES string of the molecule is Cc1ccc(C(NN)c2cncc3ccccc23)c(Cl)c1. The Balaban J connectivity index is 2.18. The van der Waals surface area contributed by atoms with Crippen LogP contribution < -0.4 is 11.3 Å². The highest BCUT2D eigenvalue weighted by Gasteiger charge is 2.18. The Morgan fingerprint density at radius 2 is 1.90 bits per heavy atom. The first-order chi connectivity index (χ1) is 10.2. The summed E-state index contributed by atoms with van der Waals surface area (Å²) >= 11 is 6.39. The zero-order valence-electron chi connectivity index (χ0n) is 11.7. The van der Waals surface area contributed by atoms with Gasteiger partial charge in [0, 0.05) is 28.4 Å². The number of hydrogen-bond acceptors (Lipinski definition) is 3. The van der Waals surface area contributed by atoms with Crippen LogP contribution in [0.2, 0.25) is 5.02 Å². The minimum Gasteiger partial charge on any atom is -0.271 e. The molecule has 0 saturated heterocycles. The molecule has 0 amide bonds. The van der Waals surface area contributed by atoms with Gasteiger partial charge < -0.3 is 0 Å². The Bertz CT molecular complexity index is 781. The number of hydrogen-bond donors (Lipinski definition) is 2. The molecule has 3 rings (SSSR count). The highest BCUT2D eigenvalue weighted by molar-refractivity contribution is 6.31. The highest BCUT2D eigenvalue weighted by Crippen LogP contribution is 2.32. The van der Waals surface area contributed by atoms with E-state index in [1.54, 1.807) is 0 Å². The molecule has 0 radical (unpaired) electrons. The van der Waals surface area contributed by atoms with E-state index in [1.165, 1.54) is 0 Å². The van der Waals surface area contributed by atoms with Crippen molar-refractivity contribution in [3.05, 3.63) is 76.6 Å². The predicted molar refractivity (Wildman–Crippen MR) is 87.1 cm³/mol. The van der Waals surface area contributed by atoms with Gasteiger partial charge in [-0.3, -0.25) is 10.8 Å². The zero-order chi connectivity index (χ0) is 14.8. The van der Waals surface area contributed by atoms with Gasteiger partial charge in [0.15, 0.2) is 0 Å². The number of halogens is 1. The summed E-state index contributed by atoms with van der Waals surface area (Å²) in [6, 6.07) is 13.9. The largest absolute Gasteiger partial charge is 0.271 e. The van der Waals surface area contributed by atoms with Crippen LogP contribution in [0.1, 0.15) is 22.7 Å². The number of rotatable bonds is 3. The normalized spacial score (nSPS) is 12.5. The maximum atomic E-state index is 6.39. The lowest BCUT2D eigenvalue weighted by molar-refractivity contribution is 0.639. The van der Waals surface area contributed by atoms with E-state index in [-0.39, 0.29) is 6.04 Å². The van der Waals surface area contributed by atoms with Crippen molar-refractivity contribution in [3.8, 4) is 0 Å². The van der Waals surface area contributed by atoms with E-state index in [9.17, 15) is 0 Å². The van der Waals surface area contributed by atoms with E-state index in [2.05, 4.69) is 16.5 Å². The van der Waals surface area contributed by atoms with Crippen molar-refractivity contribution in [2.45, 2.75) is 13.0 Å². The van der Waals surface area contributed by atoms with Gasteiger partial charge in [0.1, 0.15) is 0 Å². The van der Waals surface area contributed by atoms with Gasteiger partial charge in [-0.05, 0) is 29.5 Å². The summed E-state index contributed by atoms with van der Waals surface area (Å²) in [4.78, 5) is 4.32. The molecule has 3 N–H and O–H groups in total. The predicted octanol–water partition coefficient (Wildman–Crippen LogP) is 3.75. The number of aromatic nitrogens is 1. The molecule has 1 unspecified atom stereocenters. The van der Waals surface area contributed by atoms with Crippen molar-refractivity contribution in [3.63, 3.8) is 0 Å². The smallest absolute Gasteiger partial charge is 0.0745 e. The average Bonchev–Trinajstić information content (AvgIpc) is 2.50. The number of pyridine rings is 1. The van der Waals surface area contributed by atoms with Gasteiger partial charge in [-0.1, -0.05) is 48.0 Å². The first-order valence-corrected chi connectivity index (χ1v) is 7.13. The van der Waals surface area contributed by atoms with Gasteiger partial charge in [0.25, 0.3) is 0 Å². The second kappa shape index (κ2) is 5.82. The van der Waals surface area contributed by atoms with Crippen LogP contribution in [0.4, 0.5) is 0 Å². The fourth-order valence-electron chi connectivity index (χ4n) is 2.58. The molecule has 21 heavy (non-hydrogen) atoms. The summed E-state index contributed by atoms with van der Waals surface area (Å²) in [5, 5.41) is 2.90. The van der Waals surface area contributed by atoms with Crippen molar-refractivity contribution >= 4 is 22.4 Å². The number of nitrogens with one attached hydrogen (secondary N) is 1. The summed E-state index contributed by atoms with van der Waals surface area (Å²) in [7, 11) is 0. The average molecular weight is 298 g/mol. The molecule has 0 fully saturated rings. The number of fused-ring (bicyclic) bond motifs is 1. The molecule has 1 heterocycles. The summed E-state index contributed by atoms with van der Waals surface area (Å²) in [6.45, 7) is 2.01. The molecular formula is C17H16ClN3. The van der Waals surface area contributed by atoms with Crippen LogP contribution in [-0.4, -0.2) is 4.98 Å². The monoisotopic (exact) mass is 297 g/mol. The molecule has 0 saturated carbocycles. The van der Waals surface area contributed by atoms with Crippen molar-refractivity contribution in [2.75, 3.05) is 0 Å². The first-order valence-electron chi connectivity index (χ1n) is 6.75. The molecule has 3 nitrogen and oxygen atoms in total. The molecule has 0 aliphatic carbocycles. The van der Waals surface area contributed by atoms with Crippen molar-refractivity contribution in [1.82, 2.24) is 10.4 Å². The van der Waals surface area contributed by atoms with Gasteiger partial charge in [-0.15, -0.1) is 0 Å². The molecule has 0 aliphatic rings. The Labute approximate surface area is 128 Å². The van der Waals surface area contributed by atoms with Crippen molar-refractivity contribution in [1.29, 1.82) is 0 Å². The summed E-state index contributed by atoms with van der Waals surface area (Å²) < 4.78 is 0. The van der Waals surface area contributed by atoms with Gasteiger partial charge >= 0.3 is 0 Å². The minimum atomic E-state index is -0.198. The van der Waals surface area contributed by atoms with Crippen LogP contribution in [0.3, 0.4) is 0 Å². The van der Waals surface area contributed by atoms with E-state index in [0.717, 1.165) is 27.5 Å². The Morgan fingerprint density at radius 3 is 2.67 bits per heavy atom. The third-order valence-corrected chi connectivity index (χ3v) is 3.97. The summed E-state index contributed by atoms with van der Waals surface area (Å²) in [5.41, 5.74) is 5.95. The lowest BCUT2D eigenvalue weighted by Gasteiger charge is -2.20. The Kier molecular flexibility index (Phi) is 3.88. The minimum absolute atomic E-state index is 0.198. The number of nitrogens with two attached hydrogens (primary N) is 1. The van der Waals surface area contributed by atoms with E-state index in [4.69, 9.17) is 17.4 Å². The second-order valence-electron chi connectivity index (χ2n) is 5.07. The van der Waals surface area contributed by atoms with Crippen LogP contribution in [0, 0.1) is 6.92 Å². The fourth-order valence-corrected chi connectivity index (χ4v) is 2.93. The lowest BCUT2D eigenvalue weighted by atomic mass is 9.95. The van der Waals surface area contributed by atoms with Gasteiger partial charge in [0.2, 0.25) is 0 Å². The quantitative estimate of drug-likeness (QED) is 0.572. The Hall–Kier alpha value is -1.94. The van der Waals surface area contributed by atoms with Crippen LogP contribution in [0.15, 0.2) is 54.9 Å². The maximum Gasteiger partial charge on any atom is 0.0745 e. The number of hydrazine groups is 1. The van der Waals surface area contributed by atoms with Crippen LogP contribution in [0.25, 0.3) is 10.8 Å². The molecule has 3 aromatic rings. The third-order valence-electron chi connectivity index (χ3n) is 3.64. The van der Waals surface area contributed by atoms with Gasteiger partial charge in [-0.2, -0.15) is 0 Å². The van der Waals surface area contributed by atoms with Crippen LogP contribution >= 0.6 is 11.6 Å². The number of aryl methyl sites for hydroxylation is 1. The number of benzene rings is 2. The molecule has 1 atom stereocenters. The van der Waals surface area contributed by atoms with Gasteiger partial charge in [-0.25, -0.2) is 5.43 Å². The first kappa shape index (κ1) is 14.0. The summed E-state index contributed by atoms with van der Waals surface area (Å²) in [5.74, 6) is 5.80. The molecule has 0 aliphatic heterocycles. The Morgan fingerprint density at radius 1 is 1.10 bits per heavy atom. The molecule has 1 aromatic heterocycles. The van der Waals surface area contributed by atoms with Gasteiger partial charge in [0.05, 0.1) is 6.04 Å². The van der Waals surface area contributed by atoms with Crippen LogP contribution in [-0.2, 0) is 0 Å². The second-order valence-corrected chi connectivity index (χ2v) is 5.48. The summed E-state index contributed by atoms with van der Waals surface area (Å²) in [6.07, 6.45) is 3.69. The molecule has 106 valence electrons. The topological polar surface area (TPSA) is 50.9 Å². The van der Waals surface area contributed by atoms with E-state index in [1.807, 2.05) is 55.7 Å². The standard InChI is InChI=1S/C17H16ClN3/c1-11-6-7-14(16(18)8-11)17(21-19)15-10-20-9-12-4-2-3-5-13(12)15/h2-10,17,21H,19H2,1H3. The zero-order valence-corrected chi connectivity index (χ0v) is 12.4. The molecule has 0 bridgehead atoms. The lowest BCUT2D eigenvalue weighted by Crippen LogP contribution is -2.29. The van der Waals surface area contributed by atoms with E-state index >= 15 is 0 Å². The molecular weight excluding hydrogens is 282 g/mol. The maximum absolute atomic E-state index is 6.39. The van der Waals surface area contributed by atoms with Crippen LogP contribution in [0.5, 0.6) is 0 Å². The van der Waals surface area contributed by atoms with E-state index < -0.39 is 0 Å². The van der Waals surface area contributed by atoms with Crippen molar-refractivity contribution in [2.24, 2.45) is 5.84 Å². The third kappa shape index (κ3) is 2.63. The van der Waals surface area contributed by atoms with Crippen molar-refractivity contribution < 1.29 is 0 Å². The van der Waals surface area contributed by atoms with E-state index in [0.29, 0.717) is 5.02 Å². The number of nitrogens with zero attached hydrogens (tertiary/aromatic N) is 1. The molecule has 4 heteroatoms. The fraction of sp³-hybridized carbons (Fsp3) is 0.118. The molecule has 2 aromatic carbocycles.